The Kier molecular flexibility index (Phi) is 7.90. The standard InChI is InChI=1S/C22H22N4O4S3/c1-3-25(4-2)15-8-5-13(17(28)12-15)11-18-21(30)26(22(32)33-18)24-20(31)19(29)23-14-6-9-16(27)10-7-14/h5-12,27-28H,3-4H2,1-2H3,(H,23,29)(H,24,31)/b18-11+. The second-order valence-corrected chi connectivity index (χ2v) is 8.96. The number of anilines is 2. The van der Waals surface area contributed by atoms with Crippen LogP contribution in [0.15, 0.2) is 47.4 Å². The zero-order valence-electron chi connectivity index (χ0n) is 17.9. The molecule has 172 valence electrons. The fourth-order valence-corrected chi connectivity index (χ4v) is 4.34. The third kappa shape index (κ3) is 5.81. The predicted octanol–water partition coefficient (Wildman–Crippen LogP) is 3.62. The molecule has 8 nitrogen and oxygen atoms in total. The van der Waals surface area contributed by atoms with Crippen molar-refractivity contribution in [2.24, 2.45) is 0 Å². The summed E-state index contributed by atoms with van der Waals surface area (Å²) < 4.78 is 0.172. The molecule has 0 saturated carbocycles. The van der Waals surface area contributed by atoms with Crippen molar-refractivity contribution in [3.63, 3.8) is 0 Å². The van der Waals surface area contributed by atoms with Crippen molar-refractivity contribution in [1.82, 2.24) is 10.4 Å². The summed E-state index contributed by atoms with van der Waals surface area (Å²) in [6.45, 7) is 5.67. The van der Waals surface area contributed by atoms with Crippen LogP contribution in [0.4, 0.5) is 11.4 Å². The molecule has 0 spiro atoms. The highest BCUT2D eigenvalue weighted by Gasteiger charge is 2.34. The summed E-state index contributed by atoms with van der Waals surface area (Å²) >= 11 is 11.4. The molecule has 1 saturated heterocycles. The number of carbonyl (C=O) groups excluding carboxylic acids is 2. The number of hydrazine groups is 1. The Morgan fingerprint density at radius 1 is 1.15 bits per heavy atom. The van der Waals surface area contributed by atoms with E-state index in [1.165, 1.54) is 24.3 Å². The van der Waals surface area contributed by atoms with Crippen LogP contribution in [-0.2, 0) is 9.59 Å². The molecule has 1 fully saturated rings. The summed E-state index contributed by atoms with van der Waals surface area (Å²) in [7, 11) is 0. The van der Waals surface area contributed by atoms with Gasteiger partial charge in [-0.3, -0.25) is 15.0 Å². The van der Waals surface area contributed by atoms with Crippen LogP contribution in [0, 0.1) is 0 Å². The van der Waals surface area contributed by atoms with Gasteiger partial charge in [0, 0.05) is 36.1 Å². The average Bonchev–Trinajstić information content (AvgIpc) is 3.05. The van der Waals surface area contributed by atoms with Crippen LogP contribution >= 0.6 is 36.2 Å². The van der Waals surface area contributed by atoms with Crippen LogP contribution in [0.5, 0.6) is 11.5 Å². The number of amides is 2. The molecule has 1 aliphatic heterocycles. The molecule has 2 amide bonds. The normalized spacial score (nSPS) is 14.5. The molecule has 2 aromatic carbocycles. The number of phenols is 2. The lowest BCUT2D eigenvalue weighted by molar-refractivity contribution is -0.123. The van der Waals surface area contributed by atoms with E-state index in [0.29, 0.717) is 11.3 Å². The smallest absolute Gasteiger partial charge is 0.285 e. The Labute approximate surface area is 206 Å². The number of hydrogen-bond acceptors (Lipinski definition) is 8. The minimum absolute atomic E-state index is 0.0430. The molecular weight excluding hydrogens is 480 g/mol. The summed E-state index contributed by atoms with van der Waals surface area (Å²) in [6.07, 6.45) is 1.54. The van der Waals surface area contributed by atoms with E-state index < -0.39 is 11.8 Å². The summed E-state index contributed by atoms with van der Waals surface area (Å²) in [6, 6.07) is 11.1. The maximum atomic E-state index is 12.8. The second-order valence-electron chi connectivity index (χ2n) is 6.87. The van der Waals surface area contributed by atoms with Gasteiger partial charge in [0.2, 0.25) is 0 Å². The third-order valence-corrected chi connectivity index (χ3v) is 6.35. The molecule has 0 aromatic heterocycles. The fraction of sp³-hybridized carbons (Fsp3) is 0.182. The summed E-state index contributed by atoms with van der Waals surface area (Å²) in [5, 5.41) is 23.3. The van der Waals surface area contributed by atoms with Gasteiger partial charge in [0.25, 0.3) is 11.8 Å². The molecule has 1 aliphatic rings. The first-order valence-electron chi connectivity index (χ1n) is 10.00. The van der Waals surface area contributed by atoms with Crippen molar-refractivity contribution >= 4 is 74.8 Å². The Morgan fingerprint density at radius 3 is 2.42 bits per heavy atom. The molecule has 3 rings (SSSR count). The van der Waals surface area contributed by atoms with E-state index in [9.17, 15) is 19.8 Å². The average molecular weight is 503 g/mol. The molecule has 0 unspecified atom stereocenters. The van der Waals surface area contributed by atoms with E-state index in [4.69, 9.17) is 24.4 Å². The van der Waals surface area contributed by atoms with Crippen LogP contribution in [0.2, 0.25) is 0 Å². The van der Waals surface area contributed by atoms with Crippen LogP contribution in [0.25, 0.3) is 6.08 Å². The molecule has 11 heteroatoms. The van der Waals surface area contributed by atoms with Gasteiger partial charge < -0.3 is 20.4 Å². The van der Waals surface area contributed by atoms with E-state index in [2.05, 4.69) is 15.6 Å². The summed E-state index contributed by atoms with van der Waals surface area (Å²) in [4.78, 5) is 27.3. The van der Waals surface area contributed by atoms with Gasteiger partial charge in [-0.05, 0) is 68.5 Å². The first-order chi connectivity index (χ1) is 15.7. The number of benzene rings is 2. The van der Waals surface area contributed by atoms with Gasteiger partial charge in [-0.25, -0.2) is 0 Å². The SMILES string of the molecule is CCN(CC)c1ccc(/C=C2/SC(=S)N(NC(=S)C(=O)Nc3ccc(O)cc3)C2=O)c(O)c1. The molecule has 0 radical (unpaired) electrons. The lowest BCUT2D eigenvalue weighted by atomic mass is 10.1. The van der Waals surface area contributed by atoms with Crippen LogP contribution < -0.4 is 15.6 Å². The molecule has 4 N–H and O–H groups in total. The van der Waals surface area contributed by atoms with Crippen molar-refractivity contribution in [2.75, 3.05) is 23.3 Å². The van der Waals surface area contributed by atoms with Gasteiger partial charge in [-0.1, -0.05) is 24.0 Å². The number of thiocarbonyl (C=S) groups is 2. The fourth-order valence-electron chi connectivity index (χ4n) is 3.03. The maximum Gasteiger partial charge on any atom is 0.285 e. The first kappa shape index (κ1) is 24.5. The number of nitrogens with one attached hydrogen (secondary N) is 2. The Bertz CT molecular complexity index is 1130. The number of rotatable bonds is 6. The molecule has 0 bridgehead atoms. The van der Waals surface area contributed by atoms with Crippen molar-refractivity contribution in [1.29, 1.82) is 0 Å². The Balaban J connectivity index is 1.70. The third-order valence-electron chi connectivity index (χ3n) is 4.77. The van der Waals surface area contributed by atoms with Crippen LogP contribution in [-0.4, -0.2) is 49.4 Å². The number of phenolic OH excluding ortho intramolecular Hbond substituents is 2. The number of thioether (sulfide) groups is 1. The van der Waals surface area contributed by atoms with Gasteiger partial charge in [-0.15, -0.1) is 0 Å². The molecule has 1 heterocycles. The van der Waals surface area contributed by atoms with Crippen LogP contribution in [0.3, 0.4) is 0 Å². The Hall–Kier alpha value is -3.15. The quantitative estimate of drug-likeness (QED) is 0.268. The number of hydrogen-bond donors (Lipinski definition) is 4. The Morgan fingerprint density at radius 2 is 1.82 bits per heavy atom. The van der Waals surface area contributed by atoms with Gasteiger partial charge in [-0.2, -0.15) is 5.01 Å². The van der Waals surface area contributed by atoms with Gasteiger partial charge in [0.1, 0.15) is 11.5 Å². The van der Waals surface area contributed by atoms with E-state index in [-0.39, 0.29) is 25.7 Å². The molecular formula is C22H22N4O4S3. The van der Waals surface area contributed by atoms with Gasteiger partial charge in [0.05, 0.1) is 4.91 Å². The number of nitrogens with zero attached hydrogens (tertiary/aromatic N) is 2. The molecule has 2 aromatic rings. The van der Waals surface area contributed by atoms with Crippen molar-refractivity contribution in [3.8, 4) is 11.5 Å². The van der Waals surface area contributed by atoms with Crippen LogP contribution in [0.1, 0.15) is 19.4 Å². The molecule has 33 heavy (non-hydrogen) atoms. The minimum Gasteiger partial charge on any atom is -0.508 e. The summed E-state index contributed by atoms with van der Waals surface area (Å²) in [5.74, 6) is -1.02. The van der Waals surface area contributed by atoms with E-state index in [0.717, 1.165) is 35.5 Å². The second kappa shape index (κ2) is 10.6. The van der Waals surface area contributed by atoms with Crippen molar-refractivity contribution in [2.45, 2.75) is 13.8 Å². The predicted molar refractivity (Wildman–Crippen MR) is 139 cm³/mol. The topological polar surface area (TPSA) is 105 Å². The minimum atomic E-state index is -0.640. The zero-order valence-corrected chi connectivity index (χ0v) is 20.3. The highest BCUT2D eigenvalue weighted by Crippen LogP contribution is 2.34. The van der Waals surface area contributed by atoms with Gasteiger partial charge >= 0.3 is 0 Å². The van der Waals surface area contributed by atoms with Crippen molar-refractivity contribution in [3.05, 3.63) is 52.9 Å². The highest BCUT2D eigenvalue weighted by molar-refractivity contribution is 8.26. The maximum absolute atomic E-state index is 12.8. The van der Waals surface area contributed by atoms with E-state index in [1.807, 2.05) is 19.9 Å². The highest BCUT2D eigenvalue weighted by atomic mass is 32.2. The largest absolute Gasteiger partial charge is 0.508 e. The lowest BCUT2D eigenvalue weighted by Crippen LogP contribution is -2.48. The monoisotopic (exact) mass is 502 g/mol. The summed E-state index contributed by atoms with van der Waals surface area (Å²) in [5.41, 5.74) is 4.34. The molecule has 0 aliphatic carbocycles. The first-order valence-corrected chi connectivity index (χ1v) is 11.6. The molecule has 0 atom stereocenters. The zero-order chi connectivity index (χ0) is 24.1. The number of carbonyl (C=O) groups is 2. The van der Waals surface area contributed by atoms with E-state index >= 15 is 0 Å². The van der Waals surface area contributed by atoms with E-state index in [1.54, 1.807) is 18.2 Å². The number of aromatic hydroxyl groups is 2. The van der Waals surface area contributed by atoms with Crippen molar-refractivity contribution < 1.29 is 19.8 Å². The lowest BCUT2D eigenvalue weighted by Gasteiger charge is -2.21. The van der Waals surface area contributed by atoms with Gasteiger partial charge in [0.15, 0.2) is 9.31 Å².